The highest BCUT2D eigenvalue weighted by Crippen LogP contribution is 2.17. The molecule has 9 nitrogen and oxygen atoms in total. The zero-order valence-corrected chi connectivity index (χ0v) is 19.2. The van der Waals surface area contributed by atoms with E-state index in [1.165, 1.54) is 4.57 Å². The topological polar surface area (TPSA) is 99.1 Å². The number of fused-ring (bicyclic) bond motifs is 2. The summed E-state index contributed by atoms with van der Waals surface area (Å²) in [7, 11) is 3.26. The van der Waals surface area contributed by atoms with Crippen molar-refractivity contribution in [2.45, 2.75) is 6.54 Å². The summed E-state index contributed by atoms with van der Waals surface area (Å²) in [5.74, 6) is 0.314. The molecule has 0 aliphatic rings. The molecule has 0 saturated heterocycles. The predicted octanol–water partition coefficient (Wildman–Crippen LogP) is 3.13. The molecule has 0 atom stereocenters. The van der Waals surface area contributed by atoms with Crippen LogP contribution in [-0.4, -0.2) is 29.9 Å². The molecule has 3 aromatic heterocycles. The molecule has 0 aliphatic carbocycles. The lowest BCUT2D eigenvalue weighted by Gasteiger charge is -2.09. The smallest absolute Gasteiger partial charge is 0.306 e. The summed E-state index contributed by atoms with van der Waals surface area (Å²) in [6.07, 6.45) is 1.57. The summed E-state index contributed by atoms with van der Waals surface area (Å²) in [5.41, 5.74) is 4.65. The summed E-state index contributed by atoms with van der Waals surface area (Å²) < 4.78 is 4.07. The van der Waals surface area contributed by atoms with Crippen LogP contribution in [0, 0.1) is 0 Å². The van der Waals surface area contributed by atoms with Crippen molar-refractivity contribution in [3.8, 4) is 0 Å². The molecule has 5 aromatic rings. The van der Waals surface area contributed by atoms with Gasteiger partial charge in [-0.2, -0.15) is 10.1 Å². The van der Waals surface area contributed by atoms with Crippen LogP contribution in [0.25, 0.3) is 22.1 Å². The van der Waals surface area contributed by atoms with Crippen LogP contribution in [0.3, 0.4) is 0 Å². The average molecular weight is 474 g/mol. The lowest BCUT2D eigenvalue weighted by molar-refractivity contribution is 0.655. The lowest BCUT2D eigenvalue weighted by Crippen LogP contribution is -2.39. The number of halogens is 1. The highest BCUT2D eigenvalue weighted by atomic mass is 35.5. The van der Waals surface area contributed by atoms with E-state index in [2.05, 4.69) is 20.5 Å². The quantitative estimate of drug-likeness (QED) is 0.312. The number of aryl methyl sites for hydroxylation is 2. The highest BCUT2D eigenvalue weighted by molar-refractivity contribution is 6.31. The van der Waals surface area contributed by atoms with Crippen molar-refractivity contribution in [2.75, 3.05) is 5.43 Å². The Morgan fingerprint density at radius 2 is 1.74 bits per heavy atom. The number of imidazole rings is 1. The lowest BCUT2D eigenvalue weighted by atomic mass is 10.2. The van der Waals surface area contributed by atoms with Gasteiger partial charge in [-0.15, -0.1) is 0 Å². The summed E-state index contributed by atoms with van der Waals surface area (Å²) >= 11 is 6.24. The van der Waals surface area contributed by atoms with Crippen LogP contribution in [0.5, 0.6) is 0 Å². The second-order valence-electron chi connectivity index (χ2n) is 7.79. The molecule has 0 saturated carbocycles. The first-order valence-electron chi connectivity index (χ1n) is 10.5. The van der Waals surface area contributed by atoms with Crippen LogP contribution in [0.2, 0.25) is 5.02 Å². The van der Waals surface area contributed by atoms with Crippen molar-refractivity contribution in [3.05, 3.63) is 97.8 Å². The molecule has 0 fully saturated rings. The first-order valence-corrected chi connectivity index (χ1v) is 10.9. The van der Waals surface area contributed by atoms with E-state index < -0.39 is 11.2 Å². The van der Waals surface area contributed by atoms with Gasteiger partial charge in [-0.05, 0) is 23.8 Å². The molecule has 0 aliphatic heterocycles. The van der Waals surface area contributed by atoms with Gasteiger partial charge in [0.2, 0.25) is 5.95 Å². The molecule has 3 heterocycles. The fraction of sp³-hybridized carbons (Fsp3) is 0.125. The third-order valence-corrected chi connectivity index (χ3v) is 6.00. The maximum Gasteiger partial charge on any atom is 0.332 e. The van der Waals surface area contributed by atoms with E-state index in [1.54, 1.807) is 43.1 Å². The molecule has 5 rings (SSSR count). The molecule has 0 amide bonds. The number of nitrogens with one attached hydrogen (secondary N) is 1. The summed E-state index contributed by atoms with van der Waals surface area (Å²) in [4.78, 5) is 35.1. The van der Waals surface area contributed by atoms with Crippen LogP contribution in [0.1, 0.15) is 11.3 Å². The molecular weight excluding hydrogens is 454 g/mol. The maximum absolute atomic E-state index is 13.2. The van der Waals surface area contributed by atoms with Gasteiger partial charge in [-0.3, -0.25) is 13.9 Å². The summed E-state index contributed by atoms with van der Waals surface area (Å²) in [6, 6.07) is 18.7. The average Bonchev–Trinajstić information content (AvgIpc) is 3.18. The van der Waals surface area contributed by atoms with Crippen molar-refractivity contribution >= 4 is 45.8 Å². The Morgan fingerprint density at radius 3 is 2.56 bits per heavy atom. The Balaban J connectivity index is 1.50. The third-order valence-electron chi connectivity index (χ3n) is 5.63. The van der Waals surface area contributed by atoms with E-state index in [1.807, 2.05) is 42.5 Å². The molecule has 170 valence electrons. The monoisotopic (exact) mass is 473 g/mol. The minimum Gasteiger partial charge on any atom is -0.306 e. The fourth-order valence-corrected chi connectivity index (χ4v) is 3.99. The Morgan fingerprint density at radius 1 is 0.971 bits per heavy atom. The minimum atomic E-state index is -0.481. The number of hydrogen-bond acceptors (Lipinski definition) is 6. The van der Waals surface area contributed by atoms with Crippen molar-refractivity contribution < 1.29 is 0 Å². The maximum atomic E-state index is 13.2. The molecular formula is C24H20ClN7O2. The number of anilines is 1. The van der Waals surface area contributed by atoms with E-state index in [0.717, 1.165) is 15.5 Å². The van der Waals surface area contributed by atoms with Gasteiger partial charge in [-0.25, -0.2) is 15.2 Å². The zero-order valence-electron chi connectivity index (χ0n) is 18.4. The second kappa shape index (κ2) is 8.60. The number of benzene rings is 2. The van der Waals surface area contributed by atoms with Crippen molar-refractivity contribution in [1.82, 2.24) is 23.7 Å². The van der Waals surface area contributed by atoms with Crippen LogP contribution < -0.4 is 16.7 Å². The molecule has 0 unspecified atom stereocenters. The van der Waals surface area contributed by atoms with Crippen LogP contribution in [-0.2, 0) is 20.6 Å². The van der Waals surface area contributed by atoms with Gasteiger partial charge in [0.15, 0.2) is 11.2 Å². The minimum absolute atomic E-state index is 0.0564. The van der Waals surface area contributed by atoms with E-state index in [4.69, 9.17) is 11.6 Å². The van der Waals surface area contributed by atoms with Gasteiger partial charge >= 0.3 is 5.69 Å². The molecule has 34 heavy (non-hydrogen) atoms. The Hall–Kier alpha value is -4.24. The first-order chi connectivity index (χ1) is 16.4. The van der Waals surface area contributed by atoms with E-state index in [9.17, 15) is 9.59 Å². The Kier molecular flexibility index (Phi) is 5.46. The van der Waals surface area contributed by atoms with Gasteiger partial charge < -0.3 is 4.57 Å². The normalized spacial score (nSPS) is 11.6. The van der Waals surface area contributed by atoms with Crippen LogP contribution >= 0.6 is 11.6 Å². The SMILES string of the molecule is Cn1c(N/N=C/c2ccc3ccccc3n2)nc2c1c(=O)n(Cc1ccccc1Cl)c(=O)n2C. The third kappa shape index (κ3) is 3.75. The van der Waals surface area contributed by atoms with Gasteiger partial charge in [0.1, 0.15) is 0 Å². The number of rotatable bonds is 5. The summed E-state index contributed by atoms with van der Waals surface area (Å²) in [6.45, 7) is 0.0564. The molecule has 0 bridgehead atoms. The Labute approximate surface area is 198 Å². The predicted molar refractivity (Wildman–Crippen MR) is 134 cm³/mol. The fourth-order valence-electron chi connectivity index (χ4n) is 3.79. The molecule has 0 radical (unpaired) electrons. The second-order valence-corrected chi connectivity index (χ2v) is 8.20. The molecule has 0 spiro atoms. The van der Waals surface area contributed by atoms with E-state index >= 15 is 0 Å². The largest absolute Gasteiger partial charge is 0.332 e. The number of hydrogen-bond donors (Lipinski definition) is 1. The van der Waals surface area contributed by atoms with Crippen molar-refractivity contribution in [2.24, 2.45) is 19.2 Å². The van der Waals surface area contributed by atoms with Gasteiger partial charge in [0.05, 0.1) is 24.0 Å². The highest BCUT2D eigenvalue weighted by Gasteiger charge is 2.19. The number of aromatic nitrogens is 5. The number of para-hydroxylation sites is 1. The van der Waals surface area contributed by atoms with E-state index in [0.29, 0.717) is 22.2 Å². The molecule has 1 N–H and O–H groups in total. The van der Waals surface area contributed by atoms with Gasteiger partial charge in [-0.1, -0.05) is 54.1 Å². The number of pyridine rings is 1. The number of hydrazone groups is 1. The standard InChI is InChI=1S/C24H20ClN7O2/c1-30-20-21(31(2)24(34)32(22(20)33)14-16-8-3-5-9-18(16)25)28-23(30)29-26-13-17-12-11-15-7-4-6-10-19(15)27-17/h3-13H,14H2,1-2H3,(H,28,29)/b26-13+. The van der Waals surface area contributed by atoms with E-state index in [-0.39, 0.29) is 17.7 Å². The van der Waals surface area contributed by atoms with Crippen LogP contribution in [0.4, 0.5) is 5.95 Å². The van der Waals surface area contributed by atoms with Crippen molar-refractivity contribution in [3.63, 3.8) is 0 Å². The Bertz CT molecular complexity index is 1700. The molecule has 2 aromatic carbocycles. The summed E-state index contributed by atoms with van der Waals surface area (Å²) in [5, 5.41) is 5.75. The first kappa shape index (κ1) is 21.6. The number of nitrogens with zero attached hydrogens (tertiary/aromatic N) is 6. The van der Waals surface area contributed by atoms with Crippen LogP contribution in [0.15, 0.2) is 75.4 Å². The van der Waals surface area contributed by atoms with Gasteiger partial charge in [0.25, 0.3) is 5.56 Å². The zero-order chi connectivity index (χ0) is 23.8. The van der Waals surface area contributed by atoms with Crippen molar-refractivity contribution in [1.29, 1.82) is 0 Å². The molecule has 10 heteroatoms. The van der Waals surface area contributed by atoms with Gasteiger partial charge in [0, 0.05) is 24.5 Å².